The smallest absolute Gasteiger partial charge is 0.263 e. The van der Waals surface area contributed by atoms with Crippen LogP contribution in [0.4, 0.5) is 0 Å². The molecule has 1 aromatic carbocycles. The van der Waals surface area contributed by atoms with Crippen LogP contribution in [0.2, 0.25) is 0 Å². The van der Waals surface area contributed by atoms with Gasteiger partial charge in [0, 0.05) is 8.95 Å². The van der Waals surface area contributed by atoms with Gasteiger partial charge < -0.3 is 5.21 Å². The van der Waals surface area contributed by atoms with Gasteiger partial charge >= 0.3 is 0 Å². The predicted molar refractivity (Wildman–Crippen MR) is 54.0 cm³/mol. The van der Waals surface area contributed by atoms with Gasteiger partial charge in [0.15, 0.2) is 0 Å². The molecule has 0 bridgehead atoms. The first kappa shape index (κ1) is 11.1. The fourth-order valence-corrected chi connectivity index (χ4v) is 3.09. The van der Waals surface area contributed by atoms with Gasteiger partial charge in [-0.25, -0.2) is 8.42 Å². The largest absolute Gasteiger partial charge is 0.302 e. The Morgan fingerprint density at radius 2 is 1.92 bits per heavy atom. The molecule has 0 aromatic heterocycles. The lowest BCUT2D eigenvalue weighted by molar-refractivity contribution is 0.242. The van der Waals surface area contributed by atoms with E-state index in [4.69, 9.17) is 5.21 Å². The highest BCUT2D eigenvalue weighted by atomic mass is 79.9. The topological polar surface area (TPSA) is 66.4 Å². The minimum atomic E-state index is -3.81. The van der Waals surface area contributed by atoms with Crippen molar-refractivity contribution in [2.75, 3.05) is 0 Å². The van der Waals surface area contributed by atoms with E-state index in [9.17, 15) is 8.42 Å². The molecule has 2 N–H and O–H groups in total. The van der Waals surface area contributed by atoms with E-state index in [1.807, 2.05) is 0 Å². The van der Waals surface area contributed by atoms with Crippen molar-refractivity contribution >= 4 is 41.9 Å². The van der Waals surface area contributed by atoms with Crippen molar-refractivity contribution in [1.82, 2.24) is 4.89 Å². The highest BCUT2D eigenvalue weighted by Gasteiger charge is 2.15. The van der Waals surface area contributed by atoms with Crippen molar-refractivity contribution < 1.29 is 13.6 Å². The molecule has 0 aliphatic carbocycles. The van der Waals surface area contributed by atoms with E-state index >= 15 is 0 Å². The molecule has 0 heterocycles. The van der Waals surface area contributed by atoms with E-state index in [0.29, 0.717) is 4.47 Å². The molecule has 0 aliphatic heterocycles. The Kier molecular flexibility index (Phi) is 3.47. The third kappa shape index (κ3) is 2.50. The lowest BCUT2D eigenvalue weighted by atomic mass is 10.4. The van der Waals surface area contributed by atoms with Gasteiger partial charge in [-0.2, -0.15) is 0 Å². The highest BCUT2D eigenvalue weighted by Crippen LogP contribution is 2.25. The van der Waals surface area contributed by atoms with E-state index in [1.165, 1.54) is 11.0 Å². The van der Waals surface area contributed by atoms with Gasteiger partial charge in [-0.1, -0.05) is 20.8 Å². The van der Waals surface area contributed by atoms with Crippen molar-refractivity contribution in [3.8, 4) is 0 Å². The Bertz CT molecular complexity index is 418. The Labute approximate surface area is 92.2 Å². The molecule has 72 valence electrons. The maximum absolute atomic E-state index is 11.1. The zero-order valence-electron chi connectivity index (χ0n) is 6.16. The third-order valence-electron chi connectivity index (χ3n) is 1.30. The molecule has 0 unspecified atom stereocenters. The second-order valence-electron chi connectivity index (χ2n) is 2.17. The lowest BCUT2D eigenvalue weighted by Gasteiger charge is -2.03. The van der Waals surface area contributed by atoms with Crippen molar-refractivity contribution in [2.45, 2.75) is 4.90 Å². The van der Waals surface area contributed by atoms with E-state index in [2.05, 4.69) is 31.9 Å². The summed E-state index contributed by atoms with van der Waals surface area (Å²) in [6.45, 7) is 0. The van der Waals surface area contributed by atoms with E-state index < -0.39 is 10.0 Å². The van der Waals surface area contributed by atoms with Crippen LogP contribution in [0.1, 0.15) is 0 Å². The molecule has 7 heteroatoms. The summed E-state index contributed by atoms with van der Waals surface area (Å²) in [7, 11) is -3.81. The van der Waals surface area contributed by atoms with Crippen molar-refractivity contribution in [1.29, 1.82) is 0 Å². The van der Waals surface area contributed by atoms with Crippen LogP contribution in [-0.2, 0) is 10.0 Å². The first-order valence-electron chi connectivity index (χ1n) is 3.08. The zero-order valence-corrected chi connectivity index (χ0v) is 10.1. The Morgan fingerprint density at radius 3 is 2.38 bits per heavy atom. The summed E-state index contributed by atoms with van der Waals surface area (Å²) < 4.78 is 23.4. The second-order valence-corrected chi connectivity index (χ2v) is 5.57. The van der Waals surface area contributed by atoms with Gasteiger partial charge in [-0.15, -0.1) is 0 Å². The number of hydrogen-bond donors (Lipinski definition) is 2. The fraction of sp³-hybridized carbons (Fsp3) is 0. The number of rotatable bonds is 2. The molecule has 0 spiro atoms. The van der Waals surface area contributed by atoms with Gasteiger partial charge in [-0.3, -0.25) is 0 Å². The van der Waals surface area contributed by atoms with Crippen molar-refractivity contribution in [2.24, 2.45) is 0 Å². The number of sulfonamides is 1. The SMILES string of the molecule is O=S(=O)(NO)c1ccc(Br)cc1Br. The standard InChI is InChI=1S/C6H5Br2NO3S/c7-4-1-2-6(5(8)3-4)13(11,12)9-10/h1-3,9-10H. The third-order valence-corrected chi connectivity index (χ3v) is 3.89. The average Bonchev–Trinajstić information content (AvgIpc) is 2.03. The van der Waals surface area contributed by atoms with Crippen LogP contribution in [0.15, 0.2) is 32.0 Å². The molecular weight excluding hydrogens is 326 g/mol. The summed E-state index contributed by atoms with van der Waals surface area (Å²) in [6, 6.07) is 4.51. The molecule has 0 atom stereocenters. The van der Waals surface area contributed by atoms with Crippen LogP contribution < -0.4 is 4.89 Å². The van der Waals surface area contributed by atoms with Crippen molar-refractivity contribution in [3.05, 3.63) is 27.1 Å². The van der Waals surface area contributed by atoms with Crippen LogP contribution in [0.25, 0.3) is 0 Å². The fourth-order valence-electron chi connectivity index (χ4n) is 0.742. The molecule has 1 rings (SSSR count). The van der Waals surface area contributed by atoms with E-state index in [1.54, 1.807) is 12.1 Å². The minimum absolute atomic E-state index is 0.0156. The van der Waals surface area contributed by atoms with E-state index in [-0.39, 0.29) is 4.90 Å². The first-order valence-corrected chi connectivity index (χ1v) is 6.15. The highest BCUT2D eigenvalue weighted by molar-refractivity contribution is 9.11. The van der Waals surface area contributed by atoms with Crippen LogP contribution in [0.5, 0.6) is 0 Å². The molecule has 4 nitrogen and oxygen atoms in total. The first-order chi connectivity index (χ1) is 5.97. The van der Waals surface area contributed by atoms with Crippen LogP contribution in [0, 0.1) is 0 Å². The summed E-state index contributed by atoms with van der Waals surface area (Å²) in [6.07, 6.45) is 0. The molecule has 13 heavy (non-hydrogen) atoms. The number of hydrogen-bond acceptors (Lipinski definition) is 3. The van der Waals surface area contributed by atoms with E-state index in [0.717, 1.165) is 4.47 Å². The molecule has 0 radical (unpaired) electrons. The molecule has 0 saturated carbocycles. The summed E-state index contributed by atoms with van der Waals surface area (Å²) >= 11 is 6.24. The molecule has 0 aliphatic rings. The minimum Gasteiger partial charge on any atom is -0.302 e. The summed E-state index contributed by atoms with van der Waals surface area (Å²) in [5, 5.41) is 8.37. The lowest BCUT2D eigenvalue weighted by Crippen LogP contribution is -2.19. The summed E-state index contributed by atoms with van der Waals surface area (Å²) in [4.78, 5) is 1.23. The molecule has 0 amide bonds. The molecule has 1 aromatic rings. The molecule has 0 saturated heterocycles. The van der Waals surface area contributed by atoms with Gasteiger partial charge in [0.25, 0.3) is 10.0 Å². The second kappa shape index (κ2) is 4.05. The van der Waals surface area contributed by atoms with Gasteiger partial charge in [0.05, 0.1) is 4.90 Å². The number of nitrogens with one attached hydrogen (secondary N) is 1. The normalized spacial score (nSPS) is 11.6. The van der Waals surface area contributed by atoms with Crippen LogP contribution >= 0.6 is 31.9 Å². The number of halogens is 2. The van der Waals surface area contributed by atoms with Crippen LogP contribution in [-0.4, -0.2) is 13.6 Å². The van der Waals surface area contributed by atoms with Crippen LogP contribution in [0.3, 0.4) is 0 Å². The zero-order chi connectivity index (χ0) is 10.1. The Morgan fingerprint density at radius 1 is 1.31 bits per heavy atom. The van der Waals surface area contributed by atoms with Gasteiger partial charge in [0.2, 0.25) is 0 Å². The number of benzene rings is 1. The monoisotopic (exact) mass is 329 g/mol. The Hall–Kier alpha value is 0.0500. The maximum atomic E-state index is 11.1. The average molecular weight is 331 g/mol. The Balaban J connectivity index is 3.33. The maximum Gasteiger partial charge on any atom is 0.263 e. The molecule has 0 fully saturated rings. The molecular formula is C6H5Br2NO3S. The summed E-state index contributed by atoms with van der Waals surface area (Å²) in [5.41, 5.74) is 0. The predicted octanol–water partition coefficient (Wildman–Crippen LogP) is 1.88. The van der Waals surface area contributed by atoms with Gasteiger partial charge in [0.1, 0.15) is 0 Å². The summed E-state index contributed by atoms with van der Waals surface area (Å²) in [5.74, 6) is 0. The van der Waals surface area contributed by atoms with Crippen molar-refractivity contribution in [3.63, 3.8) is 0 Å². The van der Waals surface area contributed by atoms with Gasteiger partial charge in [-0.05, 0) is 34.1 Å². The quantitative estimate of drug-likeness (QED) is 0.814.